The number of alkyl halides is 2. The fraction of sp³-hybridized carbons (Fsp3) is 0.278. The second-order valence-electron chi connectivity index (χ2n) is 5.63. The van der Waals surface area contributed by atoms with Gasteiger partial charge in [-0.15, -0.1) is 0 Å². The Labute approximate surface area is 159 Å². The van der Waals surface area contributed by atoms with Crippen LogP contribution in [0.2, 0.25) is 5.02 Å². The second-order valence-corrected chi connectivity index (χ2v) is 6.04. The monoisotopic (exact) mass is 398 g/mol. The zero-order valence-corrected chi connectivity index (χ0v) is 14.9. The zero-order valence-electron chi connectivity index (χ0n) is 14.1. The van der Waals surface area contributed by atoms with Crippen LogP contribution in [0.25, 0.3) is 0 Å². The fourth-order valence-electron chi connectivity index (χ4n) is 2.42. The highest BCUT2D eigenvalue weighted by Gasteiger charge is 2.15. The lowest BCUT2D eigenvalue weighted by Crippen LogP contribution is -2.21. The Balaban J connectivity index is 1.57. The Bertz CT molecular complexity index is 803. The van der Waals surface area contributed by atoms with E-state index in [1.807, 2.05) is 0 Å². The minimum absolute atomic E-state index is 0.0140. The number of halogens is 3. The number of hydrogen-bond donors (Lipinski definition) is 2. The van der Waals surface area contributed by atoms with Gasteiger partial charge >= 0.3 is 6.61 Å². The lowest BCUT2D eigenvalue weighted by atomic mass is 10.2. The molecule has 2 N–H and O–H groups in total. The number of ether oxygens (including phenoxy) is 3. The molecule has 2 aromatic carbocycles. The van der Waals surface area contributed by atoms with E-state index in [9.17, 15) is 13.6 Å². The average molecular weight is 399 g/mol. The molecule has 1 amide bonds. The van der Waals surface area contributed by atoms with Crippen molar-refractivity contribution < 1.29 is 27.8 Å². The number of benzene rings is 2. The lowest BCUT2D eigenvalue weighted by Gasteiger charge is -2.13. The third-order valence-electron chi connectivity index (χ3n) is 3.64. The predicted molar refractivity (Wildman–Crippen MR) is 97.3 cm³/mol. The van der Waals surface area contributed by atoms with Crippen LogP contribution in [0.5, 0.6) is 17.2 Å². The summed E-state index contributed by atoms with van der Waals surface area (Å²) in [6.45, 7) is -1.84. The van der Waals surface area contributed by atoms with E-state index in [1.165, 1.54) is 24.3 Å². The van der Waals surface area contributed by atoms with Crippen molar-refractivity contribution in [3.8, 4) is 17.2 Å². The van der Waals surface area contributed by atoms with Crippen molar-refractivity contribution in [3.05, 3.63) is 41.4 Å². The normalized spacial score (nSPS) is 13.0. The number of carbonyl (C=O) groups excluding carboxylic acids is 1. The van der Waals surface area contributed by atoms with Gasteiger partial charge in [0.25, 0.3) is 0 Å². The number of nitrogens with one attached hydrogen (secondary N) is 2. The highest BCUT2D eigenvalue weighted by Crippen LogP contribution is 2.37. The van der Waals surface area contributed by atoms with Crippen molar-refractivity contribution in [3.63, 3.8) is 0 Å². The summed E-state index contributed by atoms with van der Waals surface area (Å²) in [5.74, 6) is 0.814. The maximum absolute atomic E-state index is 12.1. The molecule has 0 aromatic heterocycles. The van der Waals surface area contributed by atoms with Gasteiger partial charge in [-0.25, -0.2) is 0 Å². The smallest absolute Gasteiger partial charge is 0.387 e. The van der Waals surface area contributed by atoms with E-state index in [2.05, 4.69) is 15.4 Å². The number of amides is 1. The minimum atomic E-state index is -2.89. The van der Waals surface area contributed by atoms with E-state index < -0.39 is 6.61 Å². The van der Waals surface area contributed by atoms with Crippen LogP contribution in [0.15, 0.2) is 36.4 Å². The van der Waals surface area contributed by atoms with Crippen LogP contribution in [0, 0.1) is 0 Å². The molecule has 1 heterocycles. The molecule has 0 radical (unpaired) electrons. The summed E-state index contributed by atoms with van der Waals surface area (Å²) in [4.78, 5) is 12.1. The van der Waals surface area contributed by atoms with Crippen LogP contribution in [-0.2, 0) is 4.79 Å². The first-order valence-electron chi connectivity index (χ1n) is 8.19. The molecule has 0 bridgehead atoms. The number of rotatable bonds is 6. The van der Waals surface area contributed by atoms with Crippen LogP contribution < -0.4 is 24.8 Å². The molecular formula is C18H17ClF2N2O4. The molecule has 0 spiro atoms. The summed E-state index contributed by atoms with van der Waals surface area (Å²) < 4.78 is 39.6. The van der Waals surface area contributed by atoms with Gasteiger partial charge in [0.2, 0.25) is 5.91 Å². The Morgan fingerprint density at radius 1 is 1.15 bits per heavy atom. The topological polar surface area (TPSA) is 68.8 Å². The van der Waals surface area contributed by atoms with Crippen LogP contribution in [0.4, 0.5) is 20.2 Å². The van der Waals surface area contributed by atoms with Crippen LogP contribution >= 0.6 is 11.6 Å². The Kier molecular flexibility index (Phi) is 6.18. The van der Waals surface area contributed by atoms with Gasteiger partial charge in [-0.1, -0.05) is 11.6 Å². The lowest BCUT2D eigenvalue weighted by molar-refractivity contribution is -0.114. The average Bonchev–Trinajstić information content (AvgIpc) is 2.86. The van der Waals surface area contributed by atoms with Gasteiger partial charge in [-0.3, -0.25) is 4.79 Å². The van der Waals surface area contributed by atoms with E-state index in [1.54, 1.807) is 12.1 Å². The van der Waals surface area contributed by atoms with Gasteiger partial charge in [-0.2, -0.15) is 8.78 Å². The molecule has 0 unspecified atom stereocenters. The van der Waals surface area contributed by atoms with E-state index in [-0.39, 0.29) is 18.2 Å². The van der Waals surface area contributed by atoms with E-state index in [0.717, 1.165) is 6.42 Å². The molecular weight excluding hydrogens is 382 g/mol. The molecule has 0 fully saturated rings. The number of carbonyl (C=O) groups is 1. The second kappa shape index (κ2) is 8.77. The number of hydrogen-bond acceptors (Lipinski definition) is 5. The first-order valence-corrected chi connectivity index (χ1v) is 8.57. The highest BCUT2D eigenvalue weighted by molar-refractivity contribution is 6.33. The molecule has 0 saturated carbocycles. The van der Waals surface area contributed by atoms with Crippen molar-refractivity contribution >= 4 is 28.9 Å². The van der Waals surface area contributed by atoms with Crippen molar-refractivity contribution in [1.82, 2.24) is 0 Å². The van der Waals surface area contributed by atoms with Crippen molar-refractivity contribution in [2.75, 3.05) is 30.4 Å². The van der Waals surface area contributed by atoms with E-state index in [4.69, 9.17) is 21.1 Å². The Morgan fingerprint density at radius 3 is 2.48 bits per heavy atom. The molecule has 0 saturated heterocycles. The fourth-order valence-corrected chi connectivity index (χ4v) is 2.64. The third-order valence-corrected chi connectivity index (χ3v) is 3.95. The molecule has 1 aliphatic rings. The van der Waals surface area contributed by atoms with Crippen molar-refractivity contribution in [1.29, 1.82) is 0 Å². The Hall–Kier alpha value is -2.74. The molecule has 6 nitrogen and oxygen atoms in total. The number of fused-ring (bicyclic) bond motifs is 1. The molecule has 27 heavy (non-hydrogen) atoms. The molecule has 0 atom stereocenters. The third kappa shape index (κ3) is 5.37. The molecule has 144 valence electrons. The highest BCUT2D eigenvalue weighted by atomic mass is 35.5. The van der Waals surface area contributed by atoms with Gasteiger partial charge in [0.15, 0.2) is 11.5 Å². The van der Waals surface area contributed by atoms with Crippen LogP contribution in [0.3, 0.4) is 0 Å². The first kappa shape index (κ1) is 19.0. The predicted octanol–water partition coefficient (Wildman–Crippen LogP) is 4.15. The molecule has 9 heteroatoms. The van der Waals surface area contributed by atoms with Gasteiger partial charge in [0, 0.05) is 24.2 Å². The maximum Gasteiger partial charge on any atom is 0.387 e. The summed E-state index contributed by atoms with van der Waals surface area (Å²) in [5.41, 5.74) is 0.991. The van der Waals surface area contributed by atoms with E-state index >= 15 is 0 Å². The van der Waals surface area contributed by atoms with E-state index in [0.29, 0.717) is 41.1 Å². The summed E-state index contributed by atoms with van der Waals surface area (Å²) in [5, 5.41) is 5.98. The van der Waals surface area contributed by atoms with Gasteiger partial charge in [-0.05, 0) is 24.3 Å². The zero-order chi connectivity index (χ0) is 19.2. The van der Waals surface area contributed by atoms with Crippen molar-refractivity contribution in [2.45, 2.75) is 13.0 Å². The summed E-state index contributed by atoms with van der Waals surface area (Å²) in [6.07, 6.45) is 0.776. The molecule has 2 aromatic rings. The number of anilines is 2. The van der Waals surface area contributed by atoms with Gasteiger partial charge in [0.05, 0.1) is 30.5 Å². The van der Waals surface area contributed by atoms with Crippen molar-refractivity contribution in [2.24, 2.45) is 0 Å². The summed E-state index contributed by atoms with van der Waals surface area (Å²) in [6, 6.07) is 8.95. The summed E-state index contributed by atoms with van der Waals surface area (Å²) >= 11 is 6.21. The SMILES string of the molecule is O=C(CNc1cc2c(cc1Cl)OCCCO2)Nc1ccc(OC(F)F)cc1. The molecule has 3 rings (SSSR count). The Morgan fingerprint density at radius 2 is 1.81 bits per heavy atom. The summed E-state index contributed by atoms with van der Waals surface area (Å²) in [7, 11) is 0. The minimum Gasteiger partial charge on any atom is -0.490 e. The molecule has 0 aliphatic carbocycles. The standard InChI is InChI=1S/C18H17ClF2N2O4/c19-13-8-15-16(26-7-1-6-25-15)9-14(13)22-10-17(24)23-11-2-4-12(5-3-11)27-18(20)21/h2-5,8-9,18,22H,1,6-7,10H2,(H,23,24). The van der Waals surface area contributed by atoms with Crippen LogP contribution in [-0.4, -0.2) is 32.3 Å². The quantitative estimate of drug-likeness (QED) is 0.765. The largest absolute Gasteiger partial charge is 0.490 e. The maximum atomic E-state index is 12.1. The van der Waals surface area contributed by atoms with Gasteiger partial charge in [0.1, 0.15) is 5.75 Å². The first-order chi connectivity index (χ1) is 13.0. The van der Waals surface area contributed by atoms with Gasteiger partial charge < -0.3 is 24.8 Å². The molecule has 1 aliphatic heterocycles. The van der Waals surface area contributed by atoms with Crippen LogP contribution in [0.1, 0.15) is 6.42 Å².